The Kier molecular flexibility index (Phi) is 6.60. The van der Waals surface area contributed by atoms with Crippen LogP contribution in [0.3, 0.4) is 0 Å². The van der Waals surface area contributed by atoms with Gasteiger partial charge in [0.2, 0.25) is 11.8 Å². The van der Waals surface area contributed by atoms with Crippen molar-refractivity contribution in [1.29, 1.82) is 0 Å². The van der Waals surface area contributed by atoms with Crippen LogP contribution in [0.25, 0.3) is 0 Å². The van der Waals surface area contributed by atoms with Crippen molar-refractivity contribution >= 4 is 11.8 Å². The van der Waals surface area contributed by atoms with Crippen LogP contribution in [0.5, 0.6) is 0 Å². The summed E-state index contributed by atoms with van der Waals surface area (Å²) in [5.41, 5.74) is 5.66. The Morgan fingerprint density at radius 3 is 2.19 bits per heavy atom. The third kappa shape index (κ3) is 6.60. The molecule has 1 aromatic carbocycles. The predicted molar refractivity (Wildman–Crippen MR) is 101 cm³/mol. The number of amides is 2. The summed E-state index contributed by atoms with van der Waals surface area (Å²) in [5, 5.41) is 2.95. The predicted octanol–water partition coefficient (Wildman–Crippen LogP) is 3.58. The molecular weight excluding hydrogens is 350 g/mol. The van der Waals surface area contributed by atoms with E-state index in [2.05, 4.69) is 12.2 Å². The molecule has 0 bridgehead atoms. The van der Waals surface area contributed by atoms with E-state index in [1.165, 1.54) is 12.1 Å². The number of carbonyl (C=O) groups excluding carboxylic acids is 2. The minimum atomic E-state index is -0.675. The third-order valence-electron chi connectivity index (χ3n) is 5.19. The molecule has 1 saturated carbocycles. The van der Waals surface area contributed by atoms with Crippen molar-refractivity contribution in [3.63, 3.8) is 0 Å². The van der Waals surface area contributed by atoms with Crippen molar-refractivity contribution in [2.24, 2.45) is 29.4 Å². The molecule has 2 rings (SSSR count). The number of halogens is 2. The van der Waals surface area contributed by atoms with E-state index in [0.717, 1.165) is 12.5 Å². The van der Waals surface area contributed by atoms with E-state index in [1.807, 2.05) is 20.8 Å². The summed E-state index contributed by atoms with van der Waals surface area (Å²) in [5.74, 6) is -2.30. The quantitative estimate of drug-likeness (QED) is 0.724. The van der Waals surface area contributed by atoms with Crippen molar-refractivity contribution in [1.82, 2.24) is 5.32 Å². The van der Waals surface area contributed by atoms with Gasteiger partial charge in [-0.1, -0.05) is 6.92 Å². The molecule has 150 valence electrons. The number of rotatable bonds is 8. The lowest BCUT2D eigenvalue weighted by Gasteiger charge is -2.29. The zero-order valence-electron chi connectivity index (χ0n) is 16.5. The van der Waals surface area contributed by atoms with E-state index in [0.29, 0.717) is 23.8 Å². The van der Waals surface area contributed by atoms with Crippen LogP contribution in [0.2, 0.25) is 0 Å². The maximum absolute atomic E-state index is 13.4. The van der Waals surface area contributed by atoms with Crippen molar-refractivity contribution in [2.75, 3.05) is 0 Å². The molecule has 0 aliphatic heterocycles. The molecule has 1 aromatic rings. The molecule has 2 unspecified atom stereocenters. The number of carbonyl (C=O) groups is 2. The lowest BCUT2D eigenvalue weighted by Crippen LogP contribution is -2.47. The normalized spacial score (nSPS) is 21.4. The van der Waals surface area contributed by atoms with E-state index in [4.69, 9.17) is 5.73 Å². The first kappa shape index (κ1) is 21.3. The molecule has 0 spiro atoms. The van der Waals surface area contributed by atoms with Gasteiger partial charge < -0.3 is 11.1 Å². The van der Waals surface area contributed by atoms with Crippen LogP contribution in [0.4, 0.5) is 8.78 Å². The summed E-state index contributed by atoms with van der Waals surface area (Å²) in [4.78, 5) is 25.0. The summed E-state index contributed by atoms with van der Waals surface area (Å²) in [6.45, 7) is 7.78. The molecule has 27 heavy (non-hydrogen) atoms. The molecule has 1 fully saturated rings. The fourth-order valence-corrected chi connectivity index (χ4v) is 3.59. The molecule has 4 nitrogen and oxygen atoms in total. The van der Waals surface area contributed by atoms with Gasteiger partial charge in [-0.3, -0.25) is 9.59 Å². The van der Waals surface area contributed by atoms with Crippen LogP contribution in [-0.4, -0.2) is 17.4 Å². The summed E-state index contributed by atoms with van der Waals surface area (Å²) >= 11 is 0. The van der Waals surface area contributed by atoms with Gasteiger partial charge in [-0.15, -0.1) is 0 Å². The SMILES string of the molecule is CC1CC1C[C@@H](C(=O)NC(C)(C)C)[C@H](CCc1cc(F)cc(F)c1)C(N)=O. The molecule has 6 heteroatoms. The third-order valence-corrected chi connectivity index (χ3v) is 5.19. The molecule has 0 saturated heterocycles. The van der Waals surface area contributed by atoms with Crippen molar-refractivity contribution < 1.29 is 18.4 Å². The topological polar surface area (TPSA) is 72.2 Å². The Balaban J connectivity index is 2.16. The Bertz CT molecular complexity index is 680. The molecule has 0 heterocycles. The van der Waals surface area contributed by atoms with Gasteiger partial charge in [-0.25, -0.2) is 8.78 Å². The number of benzene rings is 1. The Morgan fingerprint density at radius 1 is 1.19 bits per heavy atom. The summed E-state index contributed by atoms with van der Waals surface area (Å²) in [6, 6.07) is 3.30. The van der Waals surface area contributed by atoms with Gasteiger partial charge in [-0.2, -0.15) is 0 Å². The average Bonchev–Trinajstić information content (AvgIpc) is 3.18. The standard InChI is InChI=1S/C21H30F2N2O2/c1-12-7-14(12)10-18(20(27)25-21(2,3)4)17(19(24)26)6-5-13-8-15(22)11-16(23)9-13/h8-9,11-12,14,17-18H,5-7,10H2,1-4H3,(H2,24,26)(H,25,27)/t12?,14?,17-,18+/m0/s1. The number of aryl methyl sites for hydroxylation is 1. The molecule has 3 N–H and O–H groups in total. The first-order valence-electron chi connectivity index (χ1n) is 9.52. The first-order chi connectivity index (χ1) is 12.5. The Hall–Kier alpha value is -1.98. The molecule has 1 aliphatic rings. The molecule has 1 aliphatic carbocycles. The number of hydrogen-bond acceptors (Lipinski definition) is 2. The highest BCUT2D eigenvalue weighted by molar-refractivity contribution is 5.87. The first-order valence-corrected chi connectivity index (χ1v) is 9.52. The Morgan fingerprint density at radius 2 is 1.74 bits per heavy atom. The van der Waals surface area contributed by atoms with Crippen LogP contribution >= 0.6 is 0 Å². The molecule has 0 radical (unpaired) electrons. The van der Waals surface area contributed by atoms with Gasteiger partial charge in [0.1, 0.15) is 11.6 Å². The van der Waals surface area contributed by atoms with Gasteiger partial charge in [-0.05, 0) is 76.0 Å². The average molecular weight is 380 g/mol. The van der Waals surface area contributed by atoms with E-state index in [9.17, 15) is 18.4 Å². The monoisotopic (exact) mass is 380 g/mol. The summed E-state index contributed by atoms with van der Waals surface area (Å²) < 4.78 is 26.8. The van der Waals surface area contributed by atoms with Crippen LogP contribution in [0, 0.1) is 35.3 Å². The molecule has 4 atom stereocenters. The minimum Gasteiger partial charge on any atom is -0.369 e. The van der Waals surface area contributed by atoms with Crippen LogP contribution in [-0.2, 0) is 16.0 Å². The van der Waals surface area contributed by atoms with Gasteiger partial charge >= 0.3 is 0 Å². The number of primary amides is 1. The smallest absolute Gasteiger partial charge is 0.224 e. The van der Waals surface area contributed by atoms with Crippen LogP contribution in [0.15, 0.2) is 18.2 Å². The molecule has 0 aromatic heterocycles. The van der Waals surface area contributed by atoms with Gasteiger partial charge in [0.05, 0.1) is 0 Å². The maximum atomic E-state index is 13.4. The highest BCUT2D eigenvalue weighted by atomic mass is 19.1. The van der Waals surface area contributed by atoms with E-state index in [1.54, 1.807) is 0 Å². The maximum Gasteiger partial charge on any atom is 0.224 e. The van der Waals surface area contributed by atoms with Gasteiger partial charge in [0.15, 0.2) is 0 Å². The zero-order valence-corrected chi connectivity index (χ0v) is 16.5. The van der Waals surface area contributed by atoms with Crippen LogP contribution in [0.1, 0.15) is 52.5 Å². The second-order valence-electron chi connectivity index (χ2n) is 8.88. The fourth-order valence-electron chi connectivity index (χ4n) is 3.59. The molecular formula is C21H30F2N2O2. The largest absolute Gasteiger partial charge is 0.369 e. The highest BCUT2D eigenvalue weighted by Crippen LogP contribution is 2.44. The van der Waals surface area contributed by atoms with Gasteiger partial charge in [0, 0.05) is 23.4 Å². The number of nitrogens with one attached hydrogen (secondary N) is 1. The van der Waals surface area contributed by atoms with E-state index >= 15 is 0 Å². The second-order valence-corrected chi connectivity index (χ2v) is 8.88. The van der Waals surface area contributed by atoms with Crippen molar-refractivity contribution in [2.45, 2.75) is 58.9 Å². The highest BCUT2D eigenvalue weighted by Gasteiger charge is 2.41. The van der Waals surface area contributed by atoms with Crippen molar-refractivity contribution in [3.05, 3.63) is 35.4 Å². The second kappa shape index (κ2) is 8.36. The van der Waals surface area contributed by atoms with E-state index < -0.39 is 34.9 Å². The zero-order chi connectivity index (χ0) is 20.4. The summed E-state index contributed by atoms with van der Waals surface area (Å²) in [6.07, 6.45) is 2.21. The number of nitrogens with two attached hydrogens (primary N) is 1. The van der Waals surface area contributed by atoms with Gasteiger partial charge in [0.25, 0.3) is 0 Å². The lowest BCUT2D eigenvalue weighted by atomic mass is 9.81. The fraction of sp³-hybridized carbons (Fsp3) is 0.619. The van der Waals surface area contributed by atoms with Crippen molar-refractivity contribution in [3.8, 4) is 0 Å². The Labute approximate surface area is 159 Å². The lowest BCUT2D eigenvalue weighted by molar-refractivity contribution is -0.135. The molecule has 2 amide bonds. The summed E-state index contributed by atoms with van der Waals surface area (Å²) in [7, 11) is 0. The minimum absolute atomic E-state index is 0.184. The van der Waals surface area contributed by atoms with Crippen LogP contribution < -0.4 is 11.1 Å². The number of hydrogen-bond donors (Lipinski definition) is 2. The van der Waals surface area contributed by atoms with E-state index in [-0.39, 0.29) is 18.7 Å².